The standard InChI is InChI=1S/C10H15NO7/c12-3-4-7(14)8(15)9(16)10(17-4)18-6-2-1-5(13)11-6/h1-2,4,6-10,12,14-16H,3H2,(H,11,13)/t4-,6-,7-,8+,9-,10+/m1/s1. The Kier molecular flexibility index (Phi) is 3.95. The highest BCUT2D eigenvalue weighted by Gasteiger charge is 2.44. The summed E-state index contributed by atoms with van der Waals surface area (Å²) in [6, 6.07) is 0. The van der Waals surface area contributed by atoms with E-state index in [4.69, 9.17) is 14.6 Å². The van der Waals surface area contributed by atoms with E-state index in [9.17, 15) is 20.1 Å². The number of aliphatic hydroxyl groups is 4. The molecule has 0 bridgehead atoms. The zero-order valence-corrected chi connectivity index (χ0v) is 9.34. The maximum absolute atomic E-state index is 10.9. The molecule has 0 unspecified atom stereocenters. The number of carbonyl (C=O) groups excluding carboxylic acids is 1. The van der Waals surface area contributed by atoms with Gasteiger partial charge in [0.15, 0.2) is 12.5 Å². The van der Waals surface area contributed by atoms with E-state index < -0.39 is 43.5 Å². The Hall–Kier alpha value is -1.03. The summed E-state index contributed by atoms with van der Waals surface area (Å²) < 4.78 is 10.3. The number of amides is 1. The van der Waals surface area contributed by atoms with Gasteiger partial charge in [-0.15, -0.1) is 0 Å². The number of aliphatic hydroxyl groups excluding tert-OH is 4. The molecule has 6 atom stereocenters. The van der Waals surface area contributed by atoms with Gasteiger partial charge in [0.25, 0.3) is 0 Å². The van der Waals surface area contributed by atoms with Crippen LogP contribution in [0.4, 0.5) is 0 Å². The van der Waals surface area contributed by atoms with Crippen LogP contribution in [0.25, 0.3) is 0 Å². The number of carbonyl (C=O) groups is 1. The Labute approximate surface area is 102 Å². The van der Waals surface area contributed by atoms with Crippen molar-refractivity contribution < 1.29 is 34.7 Å². The highest BCUT2D eigenvalue weighted by molar-refractivity contribution is 5.90. The van der Waals surface area contributed by atoms with Gasteiger partial charge in [-0.1, -0.05) is 0 Å². The van der Waals surface area contributed by atoms with Gasteiger partial charge >= 0.3 is 0 Å². The SMILES string of the molecule is O=C1C=C[C@@H](O[C@@H]2O[C@H](CO)[C@@H](O)[C@H](O)[C@H]2O)N1. The molecular formula is C10H15NO7. The molecule has 1 saturated heterocycles. The summed E-state index contributed by atoms with van der Waals surface area (Å²) in [4.78, 5) is 10.9. The lowest BCUT2D eigenvalue weighted by atomic mass is 9.99. The van der Waals surface area contributed by atoms with Crippen molar-refractivity contribution in [2.24, 2.45) is 0 Å². The third-order valence-electron chi connectivity index (χ3n) is 2.84. The molecule has 1 amide bonds. The number of hydrogen-bond acceptors (Lipinski definition) is 7. The van der Waals surface area contributed by atoms with E-state index >= 15 is 0 Å². The molecule has 5 N–H and O–H groups in total. The van der Waals surface area contributed by atoms with Crippen LogP contribution < -0.4 is 5.32 Å². The minimum Gasteiger partial charge on any atom is -0.394 e. The Bertz CT molecular complexity index is 345. The van der Waals surface area contributed by atoms with Crippen LogP contribution in [0.15, 0.2) is 12.2 Å². The van der Waals surface area contributed by atoms with Gasteiger partial charge in [0.1, 0.15) is 24.4 Å². The monoisotopic (exact) mass is 261 g/mol. The van der Waals surface area contributed by atoms with Crippen molar-refractivity contribution in [1.29, 1.82) is 0 Å². The number of nitrogens with one attached hydrogen (secondary N) is 1. The van der Waals surface area contributed by atoms with Crippen LogP contribution in [-0.4, -0.2) is 69.9 Å². The average molecular weight is 261 g/mol. The van der Waals surface area contributed by atoms with E-state index in [0.717, 1.165) is 0 Å². The molecule has 0 aromatic heterocycles. The molecular weight excluding hydrogens is 246 g/mol. The minimum absolute atomic E-state index is 0.343. The second-order valence-corrected chi connectivity index (χ2v) is 4.12. The van der Waals surface area contributed by atoms with Gasteiger partial charge in [-0.25, -0.2) is 0 Å². The first-order chi connectivity index (χ1) is 8.52. The first-order valence-electron chi connectivity index (χ1n) is 5.47. The maximum atomic E-state index is 10.9. The quantitative estimate of drug-likeness (QED) is 0.362. The second kappa shape index (κ2) is 5.31. The van der Waals surface area contributed by atoms with Crippen LogP contribution in [0.5, 0.6) is 0 Å². The normalized spacial score (nSPS) is 44.1. The van der Waals surface area contributed by atoms with Gasteiger partial charge in [0.05, 0.1) is 6.61 Å². The molecule has 2 rings (SSSR count). The third-order valence-corrected chi connectivity index (χ3v) is 2.84. The van der Waals surface area contributed by atoms with Crippen LogP contribution in [0.1, 0.15) is 0 Å². The lowest BCUT2D eigenvalue weighted by molar-refractivity contribution is -0.308. The molecule has 2 aliphatic heterocycles. The Balaban J connectivity index is 1.99. The van der Waals surface area contributed by atoms with E-state index in [1.54, 1.807) is 0 Å². The molecule has 0 aliphatic carbocycles. The topological polar surface area (TPSA) is 128 Å². The smallest absolute Gasteiger partial charge is 0.246 e. The van der Waals surface area contributed by atoms with Crippen LogP contribution in [0.3, 0.4) is 0 Å². The van der Waals surface area contributed by atoms with Crippen molar-refractivity contribution in [1.82, 2.24) is 5.32 Å². The summed E-state index contributed by atoms with van der Waals surface area (Å²) in [5.41, 5.74) is 0. The molecule has 8 nitrogen and oxygen atoms in total. The molecule has 102 valence electrons. The zero-order chi connectivity index (χ0) is 13.3. The van der Waals surface area contributed by atoms with Crippen LogP contribution >= 0.6 is 0 Å². The average Bonchev–Trinajstić information content (AvgIpc) is 2.75. The van der Waals surface area contributed by atoms with Crippen molar-refractivity contribution in [3.63, 3.8) is 0 Å². The highest BCUT2D eigenvalue weighted by atomic mass is 16.7. The largest absolute Gasteiger partial charge is 0.394 e. The number of hydrogen-bond donors (Lipinski definition) is 5. The van der Waals surface area contributed by atoms with Crippen molar-refractivity contribution in [3.8, 4) is 0 Å². The summed E-state index contributed by atoms with van der Waals surface area (Å²) in [6.45, 7) is -0.530. The fourth-order valence-electron chi connectivity index (χ4n) is 1.81. The molecule has 2 aliphatic rings. The number of ether oxygens (including phenoxy) is 2. The summed E-state index contributed by atoms with van der Waals surface area (Å²) in [6.07, 6.45) is -4.80. The van der Waals surface area contributed by atoms with Gasteiger partial charge in [-0.3, -0.25) is 4.79 Å². The van der Waals surface area contributed by atoms with Gasteiger partial charge in [0.2, 0.25) is 5.91 Å². The summed E-state index contributed by atoms with van der Waals surface area (Å²) in [5, 5.41) is 40.1. The van der Waals surface area contributed by atoms with Gasteiger partial charge in [-0.2, -0.15) is 0 Å². The Morgan fingerprint density at radius 1 is 1.28 bits per heavy atom. The van der Waals surface area contributed by atoms with E-state index in [0.29, 0.717) is 0 Å². The van der Waals surface area contributed by atoms with E-state index in [1.165, 1.54) is 12.2 Å². The lowest BCUT2D eigenvalue weighted by Crippen LogP contribution is -2.60. The van der Waals surface area contributed by atoms with E-state index in [-0.39, 0.29) is 5.91 Å². The van der Waals surface area contributed by atoms with Crippen molar-refractivity contribution in [2.75, 3.05) is 6.61 Å². The molecule has 0 saturated carbocycles. The predicted molar refractivity (Wildman–Crippen MR) is 55.9 cm³/mol. The van der Waals surface area contributed by atoms with Gasteiger partial charge in [-0.05, 0) is 6.08 Å². The summed E-state index contributed by atoms with van der Waals surface area (Å²) >= 11 is 0. The summed E-state index contributed by atoms with van der Waals surface area (Å²) in [7, 11) is 0. The molecule has 0 radical (unpaired) electrons. The summed E-state index contributed by atoms with van der Waals surface area (Å²) in [5.74, 6) is -0.343. The van der Waals surface area contributed by atoms with Crippen LogP contribution in [0, 0.1) is 0 Å². The van der Waals surface area contributed by atoms with Crippen molar-refractivity contribution in [3.05, 3.63) is 12.2 Å². The Morgan fingerprint density at radius 2 is 2.00 bits per heavy atom. The third kappa shape index (κ3) is 2.53. The molecule has 0 spiro atoms. The zero-order valence-electron chi connectivity index (χ0n) is 9.34. The molecule has 8 heteroatoms. The van der Waals surface area contributed by atoms with Crippen LogP contribution in [0.2, 0.25) is 0 Å². The molecule has 0 aromatic carbocycles. The Morgan fingerprint density at radius 3 is 2.56 bits per heavy atom. The molecule has 2 heterocycles. The maximum Gasteiger partial charge on any atom is 0.246 e. The first-order valence-corrected chi connectivity index (χ1v) is 5.47. The van der Waals surface area contributed by atoms with E-state index in [2.05, 4.69) is 5.32 Å². The fourth-order valence-corrected chi connectivity index (χ4v) is 1.81. The van der Waals surface area contributed by atoms with E-state index in [1.807, 2.05) is 0 Å². The first kappa shape index (κ1) is 13.4. The van der Waals surface area contributed by atoms with Gasteiger partial charge < -0.3 is 35.2 Å². The van der Waals surface area contributed by atoms with Crippen molar-refractivity contribution in [2.45, 2.75) is 36.9 Å². The van der Waals surface area contributed by atoms with Crippen molar-refractivity contribution >= 4 is 5.91 Å². The predicted octanol–water partition coefficient (Wildman–Crippen LogP) is -3.18. The molecule has 18 heavy (non-hydrogen) atoms. The van der Waals surface area contributed by atoms with Crippen LogP contribution in [-0.2, 0) is 14.3 Å². The fraction of sp³-hybridized carbons (Fsp3) is 0.700. The highest BCUT2D eigenvalue weighted by Crippen LogP contribution is 2.23. The molecule has 1 fully saturated rings. The molecule has 0 aromatic rings. The second-order valence-electron chi connectivity index (χ2n) is 4.12. The lowest BCUT2D eigenvalue weighted by Gasteiger charge is -2.40. The van der Waals surface area contributed by atoms with Gasteiger partial charge in [0, 0.05) is 6.08 Å². The minimum atomic E-state index is -1.50. The number of rotatable bonds is 3.